The molecule has 4 nitrogen and oxygen atoms in total. The molecule has 2 aromatic heterocycles. The normalized spacial score (nSPS) is 23.1. The molecule has 0 N–H and O–H groups in total. The zero-order chi connectivity index (χ0) is 21.4. The van der Waals surface area contributed by atoms with Gasteiger partial charge in [0.25, 0.3) is 0 Å². The summed E-state index contributed by atoms with van der Waals surface area (Å²) < 4.78 is 2.17. The number of carbonyl (C=O) groups excluding carboxylic acids is 1. The zero-order valence-electron chi connectivity index (χ0n) is 18.1. The second-order valence-corrected chi connectivity index (χ2v) is 9.65. The van der Waals surface area contributed by atoms with Gasteiger partial charge in [-0.3, -0.25) is 9.69 Å². The Hall–Kier alpha value is -2.17. The molecule has 5 rings (SSSR count). The van der Waals surface area contributed by atoms with E-state index >= 15 is 0 Å². The van der Waals surface area contributed by atoms with E-state index in [-0.39, 0.29) is 5.78 Å². The number of benzene rings is 1. The average molecular weight is 436 g/mol. The predicted octanol–water partition coefficient (Wildman–Crippen LogP) is 5.77. The van der Waals surface area contributed by atoms with Gasteiger partial charge < -0.3 is 4.57 Å². The summed E-state index contributed by atoms with van der Waals surface area (Å²) in [4.78, 5) is 19.3. The molecule has 3 unspecified atom stereocenters. The largest absolute Gasteiger partial charge is 0.332 e. The first kappa shape index (κ1) is 20.7. The molecule has 0 spiro atoms. The SMILES string of the molecule is CC(=O)c1cn(CCCN2C3CCC2C(CCc2ccc(Cl)cc2)C3)c2ncccc12. The Labute approximate surface area is 189 Å². The van der Waals surface area contributed by atoms with Crippen molar-refractivity contribution in [3.8, 4) is 0 Å². The van der Waals surface area contributed by atoms with E-state index in [1.165, 1.54) is 31.2 Å². The van der Waals surface area contributed by atoms with Gasteiger partial charge in [-0.15, -0.1) is 0 Å². The Balaban J connectivity index is 1.19. The van der Waals surface area contributed by atoms with Crippen LogP contribution in [0.5, 0.6) is 0 Å². The smallest absolute Gasteiger partial charge is 0.162 e. The number of carbonyl (C=O) groups is 1. The molecule has 1 aromatic carbocycles. The third kappa shape index (κ3) is 4.16. The van der Waals surface area contributed by atoms with Gasteiger partial charge in [0, 0.05) is 53.5 Å². The van der Waals surface area contributed by atoms with Gasteiger partial charge in [-0.05, 0) is 81.2 Å². The van der Waals surface area contributed by atoms with Crippen LogP contribution in [0.25, 0.3) is 11.0 Å². The van der Waals surface area contributed by atoms with Crippen molar-refractivity contribution in [2.75, 3.05) is 6.54 Å². The topological polar surface area (TPSA) is 38.1 Å². The fourth-order valence-electron chi connectivity index (χ4n) is 5.89. The van der Waals surface area contributed by atoms with E-state index < -0.39 is 0 Å². The molecule has 2 saturated heterocycles. The second kappa shape index (κ2) is 8.76. The standard InChI is InChI=1S/C26H30ClN3O/c1-18(31)24-17-29(26-23(24)4-2-13-28-26)14-3-15-30-22-11-12-25(30)20(16-22)8-5-19-6-9-21(27)10-7-19/h2,4,6-7,9-10,13,17,20,22,25H,3,5,8,11-12,14-16H2,1H3. The van der Waals surface area contributed by atoms with Gasteiger partial charge >= 0.3 is 0 Å². The van der Waals surface area contributed by atoms with Gasteiger partial charge in [-0.1, -0.05) is 23.7 Å². The minimum absolute atomic E-state index is 0.109. The third-order valence-electron chi connectivity index (χ3n) is 7.36. The summed E-state index contributed by atoms with van der Waals surface area (Å²) in [5.41, 5.74) is 3.11. The minimum Gasteiger partial charge on any atom is -0.332 e. The van der Waals surface area contributed by atoms with E-state index in [9.17, 15) is 4.79 Å². The number of Topliss-reactive ketones (excluding diaryl/α,β-unsaturated/α-hetero) is 1. The van der Waals surface area contributed by atoms with E-state index in [0.29, 0.717) is 0 Å². The monoisotopic (exact) mass is 435 g/mol. The molecule has 5 heteroatoms. The van der Waals surface area contributed by atoms with E-state index in [4.69, 9.17) is 11.6 Å². The number of fused-ring (bicyclic) bond motifs is 3. The number of aromatic nitrogens is 2. The van der Waals surface area contributed by atoms with Crippen molar-refractivity contribution in [1.82, 2.24) is 14.5 Å². The second-order valence-electron chi connectivity index (χ2n) is 9.22. The first-order valence-corrected chi connectivity index (χ1v) is 11.9. The highest BCUT2D eigenvalue weighted by molar-refractivity contribution is 6.30. The number of rotatable bonds is 8. The summed E-state index contributed by atoms with van der Waals surface area (Å²) in [5.74, 6) is 0.922. The Kier molecular flexibility index (Phi) is 5.85. The lowest BCUT2D eigenvalue weighted by Gasteiger charge is -2.24. The first-order chi connectivity index (χ1) is 15.1. The van der Waals surface area contributed by atoms with Crippen LogP contribution in [0.2, 0.25) is 5.02 Å². The maximum Gasteiger partial charge on any atom is 0.162 e. The molecule has 0 amide bonds. The third-order valence-corrected chi connectivity index (χ3v) is 7.61. The minimum atomic E-state index is 0.109. The molecule has 2 aliphatic heterocycles. The lowest BCUT2D eigenvalue weighted by Crippen LogP contribution is -2.32. The molecule has 4 heterocycles. The summed E-state index contributed by atoms with van der Waals surface area (Å²) >= 11 is 6.02. The molecule has 162 valence electrons. The number of ketones is 1. The summed E-state index contributed by atoms with van der Waals surface area (Å²) in [6.07, 6.45) is 11.4. The van der Waals surface area contributed by atoms with Crippen LogP contribution in [0.1, 0.15) is 54.9 Å². The number of pyridine rings is 1. The number of halogens is 1. The number of hydrogen-bond acceptors (Lipinski definition) is 3. The highest BCUT2D eigenvalue weighted by Gasteiger charge is 2.45. The summed E-state index contributed by atoms with van der Waals surface area (Å²) in [6, 6.07) is 13.7. The van der Waals surface area contributed by atoms with Gasteiger partial charge in [0.1, 0.15) is 5.65 Å². The Morgan fingerprint density at radius 1 is 1.16 bits per heavy atom. The number of aryl methyl sites for hydroxylation is 2. The highest BCUT2D eigenvalue weighted by atomic mass is 35.5. The molecule has 2 aliphatic rings. The average Bonchev–Trinajstić information content (AvgIpc) is 3.44. The van der Waals surface area contributed by atoms with E-state index in [0.717, 1.165) is 65.6 Å². The Morgan fingerprint density at radius 2 is 2.00 bits per heavy atom. The quantitative estimate of drug-likeness (QED) is 0.421. The van der Waals surface area contributed by atoms with Crippen molar-refractivity contribution in [2.45, 2.75) is 64.1 Å². The van der Waals surface area contributed by atoms with Crippen LogP contribution in [-0.2, 0) is 13.0 Å². The summed E-state index contributed by atoms with van der Waals surface area (Å²) in [7, 11) is 0. The predicted molar refractivity (Wildman–Crippen MR) is 126 cm³/mol. The van der Waals surface area contributed by atoms with Gasteiger partial charge in [0.15, 0.2) is 5.78 Å². The number of hydrogen-bond donors (Lipinski definition) is 0. The van der Waals surface area contributed by atoms with E-state index in [1.807, 2.05) is 36.7 Å². The van der Waals surface area contributed by atoms with Gasteiger partial charge in [0.05, 0.1) is 0 Å². The summed E-state index contributed by atoms with van der Waals surface area (Å²) in [5, 5.41) is 1.79. The number of nitrogens with zero attached hydrogens (tertiary/aromatic N) is 3. The van der Waals surface area contributed by atoms with Gasteiger partial charge in [-0.2, -0.15) is 0 Å². The first-order valence-electron chi connectivity index (χ1n) is 11.5. The highest BCUT2D eigenvalue weighted by Crippen LogP contribution is 2.43. The molecule has 2 fully saturated rings. The van der Waals surface area contributed by atoms with Crippen LogP contribution < -0.4 is 0 Å². The van der Waals surface area contributed by atoms with Crippen molar-refractivity contribution in [2.24, 2.45) is 5.92 Å². The molecule has 31 heavy (non-hydrogen) atoms. The van der Waals surface area contributed by atoms with Crippen molar-refractivity contribution in [3.63, 3.8) is 0 Å². The van der Waals surface area contributed by atoms with Gasteiger partial charge in [-0.25, -0.2) is 4.98 Å². The molecule has 2 bridgehead atoms. The van der Waals surface area contributed by atoms with Crippen molar-refractivity contribution in [3.05, 3.63) is 64.9 Å². The van der Waals surface area contributed by atoms with Crippen LogP contribution in [0.3, 0.4) is 0 Å². The molecule has 0 radical (unpaired) electrons. The van der Waals surface area contributed by atoms with Crippen LogP contribution in [-0.4, -0.2) is 38.9 Å². The van der Waals surface area contributed by atoms with Crippen molar-refractivity contribution in [1.29, 1.82) is 0 Å². The fourth-order valence-corrected chi connectivity index (χ4v) is 6.02. The lowest BCUT2D eigenvalue weighted by molar-refractivity contribution is 0.101. The van der Waals surface area contributed by atoms with E-state index in [2.05, 4.69) is 26.6 Å². The van der Waals surface area contributed by atoms with Crippen LogP contribution in [0.4, 0.5) is 0 Å². The maximum absolute atomic E-state index is 12.0. The molecular weight excluding hydrogens is 406 g/mol. The van der Waals surface area contributed by atoms with Crippen molar-refractivity contribution < 1.29 is 4.79 Å². The van der Waals surface area contributed by atoms with Crippen LogP contribution in [0.15, 0.2) is 48.8 Å². The molecule has 3 aromatic rings. The molecule has 3 atom stereocenters. The van der Waals surface area contributed by atoms with E-state index in [1.54, 1.807) is 6.92 Å². The van der Waals surface area contributed by atoms with Crippen LogP contribution in [0, 0.1) is 5.92 Å². The Morgan fingerprint density at radius 3 is 2.81 bits per heavy atom. The fraction of sp³-hybridized carbons (Fsp3) is 0.462. The lowest BCUT2D eigenvalue weighted by atomic mass is 9.85. The molecule has 0 aliphatic carbocycles. The zero-order valence-corrected chi connectivity index (χ0v) is 18.9. The maximum atomic E-state index is 12.0. The van der Waals surface area contributed by atoms with Crippen molar-refractivity contribution >= 4 is 28.4 Å². The van der Waals surface area contributed by atoms with Crippen LogP contribution >= 0.6 is 11.6 Å². The molecular formula is C26H30ClN3O. The summed E-state index contributed by atoms with van der Waals surface area (Å²) in [6.45, 7) is 3.68. The van der Waals surface area contributed by atoms with Gasteiger partial charge in [0.2, 0.25) is 0 Å². The molecule has 0 saturated carbocycles. The Bertz CT molecular complexity index is 1070.